The van der Waals surface area contributed by atoms with Crippen molar-refractivity contribution in [2.24, 2.45) is 0 Å². The van der Waals surface area contributed by atoms with Gasteiger partial charge in [-0.25, -0.2) is 4.68 Å². The van der Waals surface area contributed by atoms with Crippen molar-refractivity contribution in [1.82, 2.24) is 9.78 Å². The Labute approximate surface area is 131 Å². The molecule has 2 aromatic carbocycles. The third-order valence-electron chi connectivity index (χ3n) is 3.07. The van der Waals surface area contributed by atoms with E-state index in [-0.39, 0.29) is 0 Å². The van der Waals surface area contributed by atoms with Crippen LogP contribution in [0, 0.1) is 0 Å². The summed E-state index contributed by atoms with van der Waals surface area (Å²) in [5, 5.41) is 5.62. The van der Waals surface area contributed by atoms with Crippen LogP contribution >= 0.6 is 23.2 Å². The van der Waals surface area contributed by atoms with E-state index in [9.17, 15) is 4.79 Å². The summed E-state index contributed by atoms with van der Waals surface area (Å²) in [7, 11) is 0. The van der Waals surface area contributed by atoms with Gasteiger partial charge in [0.2, 0.25) is 0 Å². The second-order valence-electron chi connectivity index (χ2n) is 4.46. The van der Waals surface area contributed by atoms with Crippen LogP contribution in [0.25, 0.3) is 16.9 Å². The average Bonchev–Trinajstić information content (AvgIpc) is 2.92. The Bertz CT molecular complexity index is 812. The van der Waals surface area contributed by atoms with E-state index in [4.69, 9.17) is 23.2 Å². The standard InChI is InChI=1S/C16H10Cl2N2O/c17-13-5-3-4-11(8-13)16-12(10-21)9-20(19-16)15-7-2-1-6-14(15)18/h1-10H. The molecule has 0 saturated carbocycles. The number of nitrogens with zero attached hydrogens (tertiary/aromatic N) is 2. The van der Waals surface area contributed by atoms with Crippen molar-refractivity contribution in [2.75, 3.05) is 0 Å². The highest BCUT2D eigenvalue weighted by Crippen LogP contribution is 2.26. The van der Waals surface area contributed by atoms with Crippen molar-refractivity contribution < 1.29 is 4.79 Å². The molecule has 0 radical (unpaired) electrons. The zero-order valence-electron chi connectivity index (χ0n) is 10.8. The maximum atomic E-state index is 11.3. The molecule has 0 aliphatic heterocycles. The van der Waals surface area contributed by atoms with E-state index in [0.29, 0.717) is 21.3 Å². The fourth-order valence-electron chi connectivity index (χ4n) is 2.09. The summed E-state index contributed by atoms with van der Waals surface area (Å²) in [5.74, 6) is 0. The third kappa shape index (κ3) is 2.71. The van der Waals surface area contributed by atoms with Crippen LogP contribution in [0.15, 0.2) is 54.7 Å². The number of aromatic nitrogens is 2. The summed E-state index contributed by atoms with van der Waals surface area (Å²) >= 11 is 12.2. The van der Waals surface area contributed by atoms with Crippen LogP contribution in [-0.4, -0.2) is 16.1 Å². The van der Waals surface area contributed by atoms with E-state index >= 15 is 0 Å². The number of para-hydroxylation sites is 1. The molecule has 0 spiro atoms. The van der Waals surface area contributed by atoms with Crippen LogP contribution in [0.3, 0.4) is 0 Å². The first-order chi connectivity index (χ1) is 10.2. The fourth-order valence-corrected chi connectivity index (χ4v) is 2.51. The Hall–Kier alpha value is -2.10. The smallest absolute Gasteiger partial charge is 0.153 e. The molecule has 0 bridgehead atoms. The van der Waals surface area contributed by atoms with Crippen LogP contribution in [0.2, 0.25) is 10.0 Å². The van der Waals surface area contributed by atoms with E-state index in [2.05, 4.69) is 5.10 Å². The second kappa shape index (κ2) is 5.72. The van der Waals surface area contributed by atoms with E-state index in [1.165, 1.54) is 0 Å². The highest BCUT2D eigenvalue weighted by atomic mass is 35.5. The van der Waals surface area contributed by atoms with Crippen LogP contribution in [0.4, 0.5) is 0 Å². The highest BCUT2D eigenvalue weighted by molar-refractivity contribution is 6.32. The molecule has 1 aromatic heterocycles. The molecule has 0 fully saturated rings. The van der Waals surface area contributed by atoms with Crippen molar-refractivity contribution in [3.63, 3.8) is 0 Å². The number of carbonyl (C=O) groups excluding carboxylic acids is 1. The van der Waals surface area contributed by atoms with Crippen LogP contribution in [0.1, 0.15) is 10.4 Å². The first-order valence-electron chi connectivity index (χ1n) is 6.25. The molecule has 3 rings (SSSR count). The lowest BCUT2D eigenvalue weighted by molar-refractivity contribution is 0.112. The quantitative estimate of drug-likeness (QED) is 0.659. The molecule has 0 amide bonds. The van der Waals surface area contributed by atoms with Gasteiger partial charge in [-0.3, -0.25) is 4.79 Å². The Morgan fingerprint density at radius 3 is 2.57 bits per heavy atom. The molecule has 5 heteroatoms. The van der Waals surface area contributed by atoms with Gasteiger partial charge in [0.05, 0.1) is 16.3 Å². The van der Waals surface area contributed by atoms with Crippen molar-refractivity contribution in [2.45, 2.75) is 0 Å². The van der Waals surface area contributed by atoms with Gasteiger partial charge in [-0.15, -0.1) is 0 Å². The third-order valence-corrected chi connectivity index (χ3v) is 3.62. The Morgan fingerprint density at radius 2 is 1.86 bits per heavy atom. The maximum Gasteiger partial charge on any atom is 0.153 e. The Balaban J connectivity index is 2.15. The van der Waals surface area contributed by atoms with Gasteiger partial charge in [0.15, 0.2) is 6.29 Å². The lowest BCUT2D eigenvalue weighted by Gasteiger charge is -2.03. The van der Waals surface area contributed by atoms with E-state index in [1.54, 1.807) is 29.1 Å². The topological polar surface area (TPSA) is 34.9 Å². The van der Waals surface area contributed by atoms with Gasteiger partial charge in [0.25, 0.3) is 0 Å². The summed E-state index contributed by atoms with van der Waals surface area (Å²) in [6.45, 7) is 0. The predicted molar refractivity (Wildman–Crippen MR) is 84.4 cm³/mol. The number of aldehydes is 1. The summed E-state index contributed by atoms with van der Waals surface area (Å²) in [4.78, 5) is 11.3. The van der Waals surface area contributed by atoms with Gasteiger partial charge in [-0.1, -0.05) is 47.5 Å². The van der Waals surface area contributed by atoms with Gasteiger partial charge in [0.1, 0.15) is 5.69 Å². The van der Waals surface area contributed by atoms with E-state index in [0.717, 1.165) is 17.5 Å². The van der Waals surface area contributed by atoms with Crippen molar-refractivity contribution in [3.8, 4) is 16.9 Å². The Morgan fingerprint density at radius 1 is 1.05 bits per heavy atom. The average molecular weight is 317 g/mol. The van der Waals surface area contributed by atoms with Gasteiger partial charge in [0, 0.05) is 16.8 Å². The molecule has 0 unspecified atom stereocenters. The van der Waals surface area contributed by atoms with E-state index in [1.807, 2.05) is 30.3 Å². The first-order valence-corrected chi connectivity index (χ1v) is 7.00. The number of rotatable bonds is 3. The van der Waals surface area contributed by atoms with Crippen LogP contribution < -0.4 is 0 Å². The zero-order chi connectivity index (χ0) is 14.8. The lowest BCUT2D eigenvalue weighted by atomic mass is 10.1. The van der Waals surface area contributed by atoms with Gasteiger partial charge in [-0.2, -0.15) is 5.10 Å². The van der Waals surface area contributed by atoms with Crippen LogP contribution in [-0.2, 0) is 0 Å². The lowest BCUT2D eigenvalue weighted by Crippen LogP contribution is -1.95. The largest absolute Gasteiger partial charge is 0.298 e. The molecule has 0 aliphatic carbocycles. The van der Waals surface area contributed by atoms with Gasteiger partial charge >= 0.3 is 0 Å². The monoisotopic (exact) mass is 316 g/mol. The minimum atomic E-state index is 0.484. The molecule has 1 heterocycles. The number of hydrogen-bond donors (Lipinski definition) is 0. The number of benzene rings is 2. The Kier molecular flexibility index (Phi) is 3.78. The molecular weight excluding hydrogens is 307 g/mol. The van der Waals surface area contributed by atoms with Crippen LogP contribution in [0.5, 0.6) is 0 Å². The molecule has 3 nitrogen and oxygen atoms in total. The number of carbonyl (C=O) groups is 1. The molecule has 0 N–H and O–H groups in total. The molecule has 3 aromatic rings. The predicted octanol–water partition coefficient (Wildman–Crippen LogP) is 4.66. The van der Waals surface area contributed by atoms with Crippen molar-refractivity contribution >= 4 is 29.5 Å². The molecule has 104 valence electrons. The maximum absolute atomic E-state index is 11.3. The number of hydrogen-bond acceptors (Lipinski definition) is 2. The summed E-state index contributed by atoms with van der Waals surface area (Å²) in [5.41, 5.74) is 2.57. The van der Waals surface area contributed by atoms with Crippen molar-refractivity contribution in [3.05, 3.63) is 70.3 Å². The summed E-state index contributed by atoms with van der Waals surface area (Å²) in [6, 6.07) is 14.5. The minimum Gasteiger partial charge on any atom is -0.298 e. The summed E-state index contributed by atoms with van der Waals surface area (Å²) < 4.78 is 1.60. The molecule has 21 heavy (non-hydrogen) atoms. The first kappa shape index (κ1) is 13.9. The van der Waals surface area contributed by atoms with Crippen molar-refractivity contribution in [1.29, 1.82) is 0 Å². The van der Waals surface area contributed by atoms with Gasteiger partial charge in [-0.05, 0) is 24.3 Å². The fraction of sp³-hybridized carbons (Fsp3) is 0. The molecule has 0 atom stereocenters. The molecule has 0 saturated heterocycles. The number of halogens is 2. The minimum absolute atomic E-state index is 0.484. The van der Waals surface area contributed by atoms with E-state index < -0.39 is 0 Å². The normalized spacial score (nSPS) is 10.6. The molecular formula is C16H10Cl2N2O. The molecule has 0 aliphatic rings. The summed E-state index contributed by atoms with van der Waals surface area (Å²) in [6.07, 6.45) is 2.43. The van der Waals surface area contributed by atoms with Gasteiger partial charge < -0.3 is 0 Å². The zero-order valence-corrected chi connectivity index (χ0v) is 12.3. The highest BCUT2D eigenvalue weighted by Gasteiger charge is 2.13. The second-order valence-corrected chi connectivity index (χ2v) is 5.30. The SMILES string of the molecule is O=Cc1cn(-c2ccccc2Cl)nc1-c1cccc(Cl)c1.